The first kappa shape index (κ1) is 13.1. The second-order valence-electron chi connectivity index (χ2n) is 4.15. The van der Waals surface area contributed by atoms with Gasteiger partial charge in [0.2, 0.25) is 5.82 Å². The standard InChI is InChI=1S/C14H9F3N2S/c15-14(16,17)13-18-10-7-4-8-11(12(10)19-13)20-9-5-2-1-3-6-9/h1-8H,(H,18,19). The molecule has 0 aliphatic heterocycles. The molecule has 0 fully saturated rings. The molecule has 0 aliphatic carbocycles. The van der Waals surface area contributed by atoms with Crippen LogP contribution in [0.1, 0.15) is 5.82 Å². The van der Waals surface area contributed by atoms with Crippen molar-refractivity contribution < 1.29 is 13.2 Å². The van der Waals surface area contributed by atoms with Crippen molar-refractivity contribution in [3.8, 4) is 0 Å². The van der Waals surface area contributed by atoms with Crippen LogP contribution in [0.15, 0.2) is 58.3 Å². The van der Waals surface area contributed by atoms with E-state index in [1.165, 1.54) is 11.8 Å². The highest BCUT2D eigenvalue weighted by Gasteiger charge is 2.35. The summed E-state index contributed by atoms with van der Waals surface area (Å²) in [5.41, 5.74) is 0.729. The summed E-state index contributed by atoms with van der Waals surface area (Å²) in [5.74, 6) is -0.964. The van der Waals surface area contributed by atoms with Crippen LogP contribution in [0.3, 0.4) is 0 Å². The van der Waals surface area contributed by atoms with Gasteiger partial charge in [-0.2, -0.15) is 13.2 Å². The predicted molar refractivity (Wildman–Crippen MR) is 71.7 cm³/mol. The molecule has 2 aromatic carbocycles. The third-order valence-corrected chi connectivity index (χ3v) is 3.77. The Hall–Kier alpha value is -1.95. The zero-order valence-electron chi connectivity index (χ0n) is 10.1. The molecule has 6 heteroatoms. The molecule has 0 aliphatic rings. The molecule has 0 saturated heterocycles. The Morgan fingerprint density at radius 3 is 2.40 bits per heavy atom. The predicted octanol–water partition coefficient (Wildman–Crippen LogP) is 4.73. The Morgan fingerprint density at radius 1 is 0.950 bits per heavy atom. The quantitative estimate of drug-likeness (QED) is 0.740. The third kappa shape index (κ3) is 2.51. The molecule has 3 rings (SSSR count). The van der Waals surface area contributed by atoms with Gasteiger partial charge in [0.15, 0.2) is 0 Å². The maximum absolute atomic E-state index is 12.7. The van der Waals surface area contributed by atoms with Gasteiger partial charge in [0, 0.05) is 9.79 Å². The molecule has 0 saturated carbocycles. The van der Waals surface area contributed by atoms with Gasteiger partial charge >= 0.3 is 6.18 Å². The largest absolute Gasteiger partial charge is 0.449 e. The van der Waals surface area contributed by atoms with Crippen molar-refractivity contribution in [2.45, 2.75) is 16.0 Å². The number of halogens is 3. The van der Waals surface area contributed by atoms with Crippen molar-refractivity contribution in [3.05, 3.63) is 54.4 Å². The lowest BCUT2D eigenvalue weighted by atomic mass is 10.3. The zero-order chi connectivity index (χ0) is 14.2. The van der Waals surface area contributed by atoms with Crippen LogP contribution in [0.5, 0.6) is 0 Å². The average molecular weight is 294 g/mol. The number of para-hydroxylation sites is 1. The zero-order valence-corrected chi connectivity index (χ0v) is 10.9. The van der Waals surface area contributed by atoms with Gasteiger partial charge in [0.05, 0.1) is 5.52 Å². The Morgan fingerprint density at radius 2 is 1.70 bits per heavy atom. The lowest BCUT2D eigenvalue weighted by Gasteiger charge is -2.02. The molecule has 0 unspecified atom stereocenters. The summed E-state index contributed by atoms with van der Waals surface area (Å²) in [6.07, 6.45) is -4.46. The van der Waals surface area contributed by atoms with Crippen LogP contribution in [-0.4, -0.2) is 9.97 Å². The SMILES string of the molecule is FC(F)(F)c1nc2c(Sc3ccccc3)cccc2[nH]1. The number of hydrogen-bond acceptors (Lipinski definition) is 2. The summed E-state index contributed by atoms with van der Waals surface area (Å²) in [6.45, 7) is 0. The molecule has 20 heavy (non-hydrogen) atoms. The number of fused-ring (bicyclic) bond motifs is 1. The molecule has 0 atom stereocenters. The summed E-state index contributed by atoms with van der Waals surface area (Å²) < 4.78 is 38.1. The van der Waals surface area contributed by atoms with Crippen LogP contribution in [0.25, 0.3) is 11.0 Å². The van der Waals surface area contributed by atoms with Gasteiger partial charge in [0.1, 0.15) is 5.52 Å². The minimum absolute atomic E-state index is 0.341. The highest BCUT2D eigenvalue weighted by Crippen LogP contribution is 2.35. The van der Waals surface area contributed by atoms with E-state index < -0.39 is 12.0 Å². The number of rotatable bonds is 2. The van der Waals surface area contributed by atoms with E-state index >= 15 is 0 Å². The van der Waals surface area contributed by atoms with Gasteiger partial charge in [-0.25, -0.2) is 4.98 Å². The fraction of sp³-hybridized carbons (Fsp3) is 0.0714. The molecule has 0 radical (unpaired) electrons. The summed E-state index contributed by atoms with van der Waals surface area (Å²) in [4.78, 5) is 7.64. The molecule has 102 valence electrons. The molecule has 1 N–H and O–H groups in total. The third-order valence-electron chi connectivity index (χ3n) is 2.72. The monoisotopic (exact) mass is 294 g/mol. The Kier molecular flexibility index (Phi) is 3.17. The minimum atomic E-state index is -4.46. The molecule has 1 heterocycles. The van der Waals surface area contributed by atoms with Gasteiger partial charge in [-0.3, -0.25) is 0 Å². The second kappa shape index (κ2) is 4.86. The maximum atomic E-state index is 12.7. The fourth-order valence-electron chi connectivity index (χ4n) is 1.84. The number of benzene rings is 2. The number of nitrogens with zero attached hydrogens (tertiary/aromatic N) is 1. The summed E-state index contributed by atoms with van der Waals surface area (Å²) in [7, 11) is 0. The molecular formula is C14H9F3N2S. The van der Waals surface area contributed by atoms with Gasteiger partial charge in [-0.1, -0.05) is 36.0 Å². The van der Waals surface area contributed by atoms with E-state index in [0.29, 0.717) is 15.9 Å². The van der Waals surface area contributed by atoms with E-state index in [1.54, 1.807) is 18.2 Å². The molecular weight excluding hydrogens is 285 g/mol. The second-order valence-corrected chi connectivity index (χ2v) is 5.27. The van der Waals surface area contributed by atoms with E-state index in [9.17, 15) is 13.2 Å². The van der Waals surface area contributed by atoms with Crippen molar-refractivity contribution in [1.29, 1.82) is 0 Å². The number of nitrogens with one attached hydrogen (secondary N) is 1. The van der Waals surface area contributed by atoms with Crippen molar-refractivity contribution >= 4 is 22.8 Å². The average Bonchev–Trinajstić information content (AvgIpc) is 2.85. The maximum Gasteiger partial charge on any atom is 0.449 e. The Balaban J connectivity index is 2.05. The molecule has 0 spiro atoms. The van der Waals surface area contributed by atoms with E-state index in [0.717, 1.165) is 4.90 Å². The number of H-pyrrole nitrogens is 1. The smallest absolute Gasteiger partial charge is 0.334 e. The lowest BCUT2D eigenvalue weighted by Crippen LogP contribution is -2.06. The van der Waals surface area contributed by atoms with Gasteiger partial charge in [-0.15, -0.1) is 0 Å². The number of imidazole rings is 1. The minimum Gasteiger partial charge on any atom is -0.334 e. The van der Waals surface area contributed by atoms with Crippen LogP contribution in [-0.2, 0) is 6.18 Å². The van der Waals surface area contributed by atoms with Crippen molar-refractivity contribution in [2.24, 2.45) is 0 Å². The summed E-state index contributed by atoms with van der Waals surface area (Å²) >= 11 is 1.39. The molecule has 0 bridgehead atoms. The Bertz CT molecular complexity index is 735. The van der Waals surface area contributed by atoms with E-state index in [4.69, 9.17) is 0 Å². The van der Waals surface area contributed by atoms with Crippen molar-refractivity contribution in [2.75, 3.05) is 0 Å². The van der Waals surface area contributed by atoms with Gasteiger partial charge in [0.25, 0.3) is 0 Å². The lowest BCUT2D eigenvalue weighted by molar-refractivity contribution is -0.144. The first-order valence-corrected chi connectivity index (χ1v) is 6.64. The highest BCUT2D eigenvalue weighted by atomic mass is 32.2. The number of aromatic amines is 1. The Labute approximate surface area is 117 Å². The van der Waals surface area contributed by atoms with Crippen LogP contribution in [0, 0.1) is 0 Å². The van der Waals surface area contributed by atoms with Gasteiger partial charge in [-0.05, 0) is 24.3 Å². The topological polar surface area (TPSA) is 28.7 Å². The van der Waals surface area contributed by atoms with E-state index in [2.05, 4.69) is 9.97 Å². The van der Waals surface area contributed by atoms with Crippen LogP contribution in [0.4, 0.5) is 13.2 Å². The van der Waals surface area contributed by atoms with Crippen LogP contribution >= 0.6 is 11.8 Å². The van der Waals surface area contributed by atoms with E-state index in [1.807, 2.05) is 30.3 Å². The highest BCUT2D eigenvalue weighted by molar-refractivity contribution is 7.99. The number of hydrogen-bond donors (Lipinski definition) is 1. The van der Waals surface area contributed by atoms with Crippen molar-refractivity contribution in [3.63, 3.8) is 0 Å². The fourth-order valence-corrected chi connectivity index (χ4v) is 2.78. The number of alkyl halides is 3. The van der Waals surface area contributed by atoms with Crippen molar-refractivity contribution in [1.82, 2.24) is 9.97 Å². The molecule has 2 nitrogen and oxygen atoms in total. The first-order valence-electron chi connectivity index (χ1n) is 5.83. The van der Waals surface area contributed by atoms with Crippen LogP contribution in [0.2, 0.25) is 0 Å². The normalized spacial score (nSPS) is 11.9. The first-order chi connectivity index (χ1) is 9.54. The van der Waals surface area contributed by atoms with Crippen LogP contribution < -0.4 is 0 Å². The number of aromatic nitrogens is 2. The summed E-state index contributed by atoms with van der Waals surface area (Å²) in [5, 5.41) is 0. The van der Waals surface area contributed by atoms with Gasteiger partial charge < -0.3 is 4.98 Å². The molecule has 3 aromatic rings. The molecule has 1 aromatic heterocycles. The molecule has 0 amide bonds. The summed E-state index contributed by atoms with van der Waals surface area (Å²) in [6, 6.07) is 14.5. The van der Waals surface area contributed by atoms with E-state index in [-0.39, 0.29) is 0 Å².